The van der Waals surface area contributed by atoms with Gasteiger partial charge in [-0.1, -0.05) is 334 Å². The summed E-state index contributed by atoms with van der Waals surface area (Å²) in [6, 6.07) is -0.543. The highest BCUT2D eigenvalue weighted by Crippen LogP contribution is 2.18. The minimum Gasteiger partial charge on any atom is -0.466 e. The summed E-state index contributed by atoms with van der Waals surface area (Å²) in [5.74, 6) is -0.0209. The summed E-state index contributed by atoms with van der Waals surface area (Å²) >= 11 is 0. The van der Waals surface area contributed by atoms with Crippen LogP contribution in [0.2, 0.25) is 0 Å². The summed E-state index contributed by atoms with van der Waals surface area (Å²) in [4.78, 5) is 24.6. The van der Waals surface area contributed by atoms with Crippen molar-refractivity contribution in [2.24, 2.45) is 0 Å². The number of allylic oxidation sites excluding steroid dienone is 4. The molecule has 0 saturated carbocycles. The van der Waals surface area contributed by atoms with Gasteiger partial charge in [-0.2, -0.15) is 0 Å². The number of ether oxygens (including phenoxy) is 1. The number of carbonyl (C=O) groups excluding carboxylic acids is 2. The van der Waals surface area contributed by atoms with Crippen LogP contribution < -0.4 is 5.32 Å². The van der Waals surface area contributed by atoms with Gasteiger partial charge in [0.15, 0.2) is 0 Å². The summed E-state index contributed by atoms with van der Waals surface area (Å²) in [6.45, 7) is 4.98. The lowest BCUT2D eigenvalue weighted by Crippen LogP contribution is -2.45. The summed E-state index contributed by atoms with van der Waals surface area (Å²) in [5, 5.41) is 23.3. The lowest BCUT2D eigenvalue weighted by molar-refractivity contribution is -0.143. The van der Waals surface area contributed by atoms with Crippen LogP contribution in [0.15, 0.2) is 24.3 Å². The maximum absolute atomic E-state index is 12.5. The number of unbranched alkanes of at least 4 members (excludes halogenated alkanes) is 49. The van der Waals surface area contributed by atoms with E-state index in [-0.39, 0.29) is 18.5 Å². The second-order valence-corrected chi connectivity index (χ2v) is 23.5. The van der Waals surface area contributed by atoms with Crippen LogP contribution in [0, 0.1) is 0 Å². The van der Waals surface area contributed by atoms with E-state index in [1.165, 1.54) is 302 Å². The molecule has 6 nitrogen and oxygen atoms in total. The Morgan fingerprint density at radius 1 is 0.373 bits per heavy atom. The number of hydrogen-bond donors (Lipinski definition) is 3. The van der Waals surface area contributed by atoms with E-state index in [0.29, 0.717) is 25.9 Å². The Morgan fingerprint density at radius 3 is 1.01 bits per heavy atom. The Labute approximate surface area is 469 Å². The van der Waals surface area contributed by atoms with Crippen molar-refractivity contribution in [2.75, 3.05) is 13.2 Å². The van der Waals surface area contributed by atoms with E-state index in [0.717, 1.165) is 44.9 Å². The van der Waals surface area contributed by atoms with Crippen LogP contribution >= 0.6 is 0 Å². The molecule has 444 valence electrons. The summed E-state index contributed by atoms with van der Waals surface area (Å²) in [7, 11) is 0. The molecule has 75 heavy (non-hydrogen) atoms. The predicted octanol–water partition coefficient (Wildman–Crippen LogP) is 21.8. The molecular formula is C69H133NO5. The van der Waals surface area contributed by atoms with E-state index in [1.54, 1.807) is 0 Å². The van der Waals surface area contributed by atoms with Crippen LogP contribution in [0.1, 0.15) is 380 Å². The topological polar surface area (TPSA) is 95.9 Å². The molecule has 0 saturated heterocycles. The number of hydrogen-bond acceptors (Lipinski definition) is 5. The fraction of sp³-hybridized carbons (Fsp3) is 0.913. The number of carbonyl (C=O) groups is 2. The smallest absolute Gasteiger partial charge is 0.305 e. The molecule has 0 aromatic carbocycles. The summed E-state index contributed by atoms with van der Waals surface area (Å²) in [5.41, 5.74) is 0. The molecule has 0 heterocycles. The van der Waals surface area contributed by atoms with Crippen LogP contribution in [-0.4, -0.2) is 47.4 Å². The maximum Gasteiger partial charge on any atom is 0.305 e. The van der Waals surface area contributed by atoms with Crippen LogP contribution in [0.4, 0.5) is 0 Å². The zero-order valence-electron chi connectivity index (χ0n) is 50.8. The molecular weight excluding hydrogens is 923 g/mol. The lowest BCUT2D eigenvalue weighted by atomic mass is 10.0. The highest BCUT2D eigenvalue weighted by Gasteiger charge is 2.20. The molecule has 3 N–H and O–H groups in total. The third-order valence-corrected chi connectivity index (χ3v) is 16.0. The highest BCUT2D eigenvalue weighted by molar-refractivity contribution is 5.76. The maximum atomic E-state index is 12.5. The largest absolute Gasteiger partial charge is 0.466 e. The van der Waals surface area contributed by atoms with Crippen molar-refractivity contribution in [3.05, 3.63) is 24.3 Å². The summed E-state index contributed by atoms with van der Waals surface area (Å²) in [6.07, 6.45) is 80.7. The van der Waals surface area contributed by atoms with Crippen molar-refractivity contribution in [3.8, 4) is 0 Å². The predicted molar refractivity (Wildman–Crippen MR) is 329 cm³/mol. The molecule has 0 fully saturated rings. The van der Waals surface area contributed by atoms with Gasteiger partial charge >= 0.3 is 5.97 Å². The molecule has 0 aromatic rings. The monoisotopic (exact) mass is 1060 g/mol. The third-order valence-electron chi connectivity index (χ3n) is 16.0. The Bertz CT molecular complexity index is 1170. The lowest BCUT2D eigenvalue weighted by Gasteiger charge is -2.22. The van der Waals surface area contributed by atoms with Gasteiger partial charge in [-0.25, -0.2) is 0 Å². The van der Waals surface area contributed by atoms with Crippen molar-refractivity contribution in [1.29, 1.82) is 0 Å². The molecule has 1 amide bonds. The first-order valence-corrected chi connectivity index (χ1v) is 34.1. The van der Waals surface area contributed by atoms with Crippen LogP contribution in [-0.2, 0) is 14.3 Å². The number of esters is 1. The molecule has 0 aliphatic carbocycles. The minimum absolute atomic E-state index is 0.0156. The molecule has 0 aromatic heterocycles. The first kappa shape index (κ1) is 73.3. The molecule has 0 rings (SSSR count). The Balaban J connectivity index is 3.38. The fourth-order valence-electron chi connectivity index (χ4n) is 10.8. The molecule has 0 spiro atoms. The van der Waals surface area contributed by atoms with E-state index < -0.39 is 12.1 Å². The second-order valence-electron chi connectivity index (χ2n) is 23.5. The van der Waals surface area contributed by atoms with Gasteiger partial charge in [-0.05, 0) is 57.8 Å². The van der Waals surface area contributed by atoms with Gasteiger partial charge in [-0.15, -0.1) is 0 Å². The Morgan fingerprint density at radius 2 is 0.667 bits per heavy atom. The molecule has 0 aliphatic rings. The number of rotatable bonds is 64. The van der Waals surface area contributed by atoms with E-state index >= 15 is 0 Å². The average Bonchev–Trinajstić information content (AvgIpc) is 3.41. The van der Waals surface area contributed by atoms with Crippen LogP contribution in [0.5, 0.6) is 0 Å². The van der Waals surface area contributed by atoms with Crippen molar-refractivity contribution in [1.82, 2.24) is 5.32 Å². The van der Waals surface area contributed by atoms with Gasteiger partial charge in [0.25, 0.3) is 0 Å². The number of aliphatic hydroxyl groups excluding tert-OH is 2. The van der Waals surface area contributed by atoms with Gasteiger partial charge in [0, 0.05) is 12.8 Å². The minimum atomic E-state index is -0.665. The van der Waals surface area contributed by atoms with Gasteiger partial charge in [-0.3, -0.25) is 9.59 Å². The standard InChI is InChI=1S/C69H133NO5/c1-3-5-7-9-11-13-15-17-18-19-32-35-39-43-47-51-55-59-63-69(74)75-64-60-56-52-48-44-40-36-33-30-28-26-24-22-20-21-23-25-27-29-31-34-38-42-46-50-54-58-62-68(73)70-66(65-71)67(72)61-57-53-49-45-41-37-16-14-12-10-8-6-4-2/h20-21,24,26,66-67,71-72H,3-19,22-23,25,27-65H2,1-2H3,(H,70,73)/b21-20-,26-24-. The average molecular weight is 1060 g/mol. The molecule has 0 aliphatic heterocycles. The van der Waals surface area contributed by atoms with Crippen molar-refractivity contribution in [2.45, 2.75) is 392 Å². The molecule has 6 heteroatoms. The van der Waals surface area contributed by atoms with Gasteiger partial charge in [0.1, 0.15) is 0 Å². The van der Waals surface area contributed by atoms with E-state index in [9.17, 15) is 19.8 Å². The summed E-state index contributed by atoms with van der Waals surface area (Å²) < 4.78 is 5.50. The molecule has 0 radical (unpaired) electrons. The molecule has 0 bridgehead atoms. The van der Waals surface area contributed by atoms with Crippen LogP contribution in [0.25, 0.3) is 0 Å². The first-order chi connectivity index (χ1) is 37.0. The van der Waals surface area contributed by atoms with Crippen molar-refractivity contribution >= 4 is 11.9 Å². The highest BCUT2D eigenvalue weighted by atomic mass is 16.5. The van der Waals surface area contributed by atoms with Gasteiger partial charge < -0.3 is 20.3 Å². The van der Waals surface area contributed by atoms with Crippen molar-refractivity contribution < 1.29 is 24.5 Å². The van der Waals surface area contributed by atoms with E-state index in [2.05, 4.69) is 43.5 Å². The number of nitrogens with one attached hydrogen (secondary N) is 1. The van der Waals surface area contributed by atoms with Gasteiger partial charge in [0.2, 0.25) is 5.91 Å². The third kappa shape index (κ3) is 61.4. The van der Waals surface area contributed by atoms with E-state index in [4.69, 9.17) is 4.74 Å². The fourth-order valence-corrected chi connectivity index (χ4v) is 10.8. The van der Waals surface area contributed by atoms with Crippen molar-refractivity contribution in [3.63, 3.8) is 0 Å². The van der Waals surface area contributed by atoms with Crippen LogP contribution in [0.3, 0.4) is 0 Å². The number of aliphatic hydroxyl groups is 2. The quantitative estimate of drug-likeness (QED) is 0.0320. The molecule has 2 atom stereocenters. The first-order valence-electron chi connectivity index (χ1n) is 34.1. The molecule has 2 unspecified atom stereocenters. The Kier molecular flexibility index (Phi) is 63.4. The van der Waals surface area contributed by atoms with E-state index in [1.807, 2.05) is 0 Å². The van der Waals surface area contributed by atoms with Gasteiger partial charge in [0.05, 0.1) is 25.4 Å². The SMILES string of the molecule is CCCCCCCCCCCCCCCCCCCCC(=O)OCCCCCCCCCCC/C=C\C/C=C\CCCCCCCCCCCCCC(=O)NC(CO)C(O)CCCCCCCCCCCCCCC. The zero-order chi connectivity index (χ0) is 54.3. The Hall–Kier alpha value is -1.66. The number of amides is 1. The second kappa shape index (κ2) is 64.9. The normalized spacial score (nSPS) is 12.6. The zero-order valence-corrected chi connectivity index (χ0v) is 50.8.